The summed E-state index contributed by atoms with van der Waals surface area (Å²) < 4.78 is 24.2. The molecule has 1 aromatic heterocycles. The molecule has 6 heteroatoms. The number of aromatic nitrogens is 4. The van der Waals surface area contributed by atoms with Crippen molar-refractivity contribution in [2.45, 2.75) is 13.0 Å². The monoisotopic (exact) mass is 210 g/mol. The number of hydrogen-bond donors (Lipinski definition) is 0. The van der Waals surface area contributed by atoms with E-state index in [9.17, 15) is 8.78 Å². The van der Waals surface area contributed by atoms with E-state index < -0.39 is 6.55 Å². The van der Waals surface area contributed by atoms with E-state index in [0.29, 0.717) is 17.0 Å². The Kier molecular flexibility index (Phi) is 2.66. The fraction of sp³-hybridized carbons (Fsp3) is 0.222. The molecule has 78 valence electrons. The molecule has 0 aliphatic carbocycles. The minimum Gasteiger partial charge on any atom is -0.182 e. The fourth-order valence-electron chi connectivity index (χ4n) is 1.19. The Balaban J connectivity index is 2.12. The number of benzene rings is 1. The van der Waals surface area contributed by atoms with Crippen LogP contribution in [0.25, 0.3) is 0 Å². The minimum atomic E-state index is -2.73. The van der Waals surface area contributed by atoms with Crippen LogP contribution in [0, 0.1) is 0 Å². The first-order chi connectivity index (χ1) is 7.25. The van der Waals surface area contributed by atoms with Crippen molar-refractivity contribution < 1.29 is 8.78 Å². The number of rotatable bonds is 3. The molecule has 0 unspecified atom stereocenters. The third-order valence-electron chi connectivity index (χ3n) is 1.85. The highest BCUT2D eigenvalue weighted by molar-refractivity contribution is 5.17. The van der Waals surface area contributed by atoms with Crippen LogP contribution in [-0.4, -0.2) is 20.2 Å². The van der Waals surface area contributed by atoms with E-state index in [4.69, 9.17) is 0 Å². The third kappa shape index (κ3) is 2.34. The maximum Gasteiger partial charge on any atom is 0.350 e. The van der Waals surface area contributed by atoms with Crippen molar-refractivity contribution in [3.63, 3.8) is 0 Å². The van der Waals surface area contributed by atoms with Gasteiger partial charge in [-0.25, -0.2) is 0 Å². The highest BCUT2D eigenvalue weighted by Gasteiger charge is 2.10. The minimum absolute atomic E-state index is 0.293. The van der Waals surface area contributed by atoms with E-state index >= 15 is 0 Å². The molecule has 0 bridgehead atoms. The summed E-state index contributed by atoms with van der Waals surface area (Å²) in [6.07, 6.45) is 0.410. The fourth-order valence-corrected chi connectivity index (χ4v) is 1.19. The van der Waals surface area contributed by atoms with Crippen molar-refractivity contribution in [2.24, 2.45) is 0 Å². The van der Waals surface area contributed by atoms with Crippen molar-refractivity contribution in [1.29, 1.82) is 0 Å². The molecular weight excluding hydrogens is 202 g/mol. The number of tetrazole rings is 1. The summed E-state index contributed by atoms with van der Waals surface area (Å²) in [5.74, 6) is 0.293. The van der Waals surface area contributed by atoms with E-state index in [1.54, 1.807) is 0 Å². The lowest BCUT2D eigenvalue weighted by Gasteiger charge is -1.95. The molecule has 4 nitrogen and oxygen atoms in total. The first-order valence-corrected chi connectivity index (χ1v) is 4.36. The van der Waals surface area contributed by atoms with Crippen LogP contribution in [0.2, 0.25) is 0 Å². The number of alkyl halides is 2. The van der Waals surface area contributed by atoms with Gasteiger partial charge in [-0.3, -0.25) is 0 Å². The third-order valence-corrected chi connectivity index (χ3v) is 1.85. The van der Waals surface area contributed by atoms with Crippen LogP contribution in [0.4, 0.5) is 8.78 Å². The smallest absolute Gasteiger partial charge is 0.182 e. The van der Waals surface area contributed by atoms with E-state index in [0.717, 1.165) is 5.56 Å². The van der Waals surface area contributed by atoms with Gasteiger partial charge >= 0.3 is 6.55 Å². The topological polar surface area (TPSA) is 43.6 Å². The molecule has 0 spiro atoms. The molecule has 1 heterocycles. The van der Waals surface area contributed by atoms with Gasteiger partial charge in [0.15, 0.2) is 5.82 Å². The van der Waals surface area contributed by atoms with Gasteiger partial charge < -0.3 is 0 Å². The molecule has 2 aromatic rings. The quantitative estimate of drug-likeness (QED) is 0.773. The number of nitrogens with zero attached hydrogens (tertiary/aromatic N) is 4. The second kappa shape index (κ2) is 4.12. The van der Waals surface area contributed by atoms with Gasteiger partial charge in [0.25, 0.3) is 0 Å². The zero-order chi connectivity index (χ0) is 10.7. The van der Waals surface area contributed by atoms with Crippen LogP contribution >= 0.6 is 0 Å². The van der Waals surface area contributed by atoms with Gasteiger partial charge in [-0.05, 0) is 10.8 Å². The van der Waals surface area contributed by atoms with Gasteiger partial charge in [0, 0.05) is 6.42 Å². The molecule has 0 aliphatic rings. The molecule has 2 rings (SSSR count). The molecule has 15 heavy (non-hydrogen) atoms. The Bertz CT molecular complexity index is 427. The summed E-state index contributed by atoms with van der Waals surface area (Å²) in [6, 6.07) is 9.37. The van der Waals surface area contributed by atoms with Crippen LogP contribution < -0.4 is 0 Å². The second-order valence-corrected chi connectivity index (χ2v) is 2.97. The van der Waals surface area contributed by atoms with Crippen LogP contribution in [0.1, 0.15) is 17.9 Å². The Morgan fingerprint density at radius 2 is 1.93 bits per heavy atom. The highest BCUT2D eigenvalue weighted by Crippen LogP contribution is 2.07. The average Bonchev–Trinajstić information content (AvgIpc) is 2.68. The average molecular weight is 210 g/mol. The Hall–Kier alpha value is -1.85. The van der Waals surface area contributed by atoms with Crippen molar-refractivity contribution >= 4 is 0 Å². The molecular formula is C9H8F2N4. The largest absolute Gasteiger partial charge is 0.350 e. The molecule has 0 amide bonds. The zero-order valence-electron chi connectivity index (χ0n) is 7.72. The van der Waals surface area contributed by atoms with Gasteiger partial charge in [0.1, 0.15) is 0 Å². The van der Waals surface area contributed by atoms with E-state index in [-0.39, 0.29) is 0 Å². The number of halogens is 2. The first kappa shape index (κ1) is 9.70. The molecule has 0 atom stereocenters. The SMILES string of the molecule is FC(F)n1nnc(Cc2ccccc2)n1. The second-order valence-electron chi connectivity index (χ2n) is 2.97. The summed E-state index contributed by atoms with van der Waals surface area (Å²) in [6.45, 7) is -2.73. The van der Waals surface area contributed by atoms with E-state index in [1.165, 1.54) is 0 Å². The lowest BCUT2D eigenvalue weighted by Crippen LogP contribution is -2.02. The molecule has 0 radical (unpaired) electrons. The van der Waals surface area contributed by atoms with Crippen LogP contribution in [-0.2, 0) is 6.42 Å². The standard InChI is InChI=1S/C9H8F2N4/c10-9(11)15-13-8(12-14-15)6-7-4-2-1-3-5-7/h1-5,9H,6H2. The van der Waals surface area contributed by atoms with E-state index in [2.05, 4.69) is 15.4 Å². The highest BCUT2D eigenvalue weighted by atomic mass is 19.3. The Labute approximate surface area is 84.5 Å². The van der Waals surface area contributed by atoms with Crippen LogP contribution in [0.5, 0.6) is 0 Å². The van der Waals surface area contributed by atoms with Crippen molar-refractivity contribution in [3.8, 4) is 0 Å². The summed E-state index contributed by atoms with van der Waals surface area (Å²) in [5.41, 5.74) is 0.964. The predicted octanol–water partition coefficient (Wildman–Crippen LogP) is 1.66. The molecule has 0 N–H and O–H groups in total. The van der Waals surface area contributed by atoms with Gasteiger partial charge in [0.05, 0.1) is 0 Å². The van der Waals surface area contributed by atoms with Crippen LogP contribution in [0.15, 0.2) is 30.3 Å². The Morgan fingerprint density at radius 3 is 2.53 bits per heavy atom. The van der Waals surface area contributed by atoms with Gasteiger partial charge in [0.2, 0.25) is 0 Å². The molecule has 0 aliphatic heterocycles. The van der Waals surface area contributed by atoms with Gasteiger partial charge in [-0.15, -0.1) is 10.2 Å². The van der Waals surface area contributed by atoms with Crippen molar-refractivity contribution in [3.05, 3.63) is 41.7 Å². The van der Waals surface area contributed by atoms with Crippen LogP contribution in [0.3, 0.4) is 0 Å². The van der Waals surface area contributed by atoms with Crippen molar-refractivity contribution in [1.82, 2.24) is 20.2 Å². The van der Waals surface area contributed by atoms with Gasteiger partial charge in [-0.1, -0.05) is 35.1 Å². The summed E-state index contributed by atoms with van der Waals surface area (Å²) in [4.78, 5) is 0.304. The lowest BCUT2D eigenvalue weighted by molar-refractivity contribution is 0.0394. The Morgan fingerprint density at radius 1 is 1.20 bits per heavy atom. The molecule has 0 fully saturated rings. The summed E-state index contributed by atoms with van der Waals surface area (Å²) >= 11 is 0. The van der Waals surface area contributed by atoms with E-state index in [1.807, 2.05) is 30.3 Å². The lowest BCUT2D eigenvalue weighted by atomic mass is 10.1. The van der Waals surface area contributed by atoms with Crippen molar-refractivity contribution in [2.75, 3.05) is 0 Å². The molecule has 1 aromatic carbocycles. The molecule has 0 saturated carbocycles. The number of hydrogen-bond acceptors (Lipinski definition) is 3. The molecule has 0 saturated heterocycles. The zero-order valence-corrected chi connectivity index (χ0v) is 7.72. The summed E-state index contributed by atoms with van der Waals surface area (Å²) in [5, 5.41) is 10.3. The maximum atomic E-state index is 12.1. The normalized spacial score (nSPS) is 10.9. The predicted molar refractivity (Wildman–Crippen MR) is 48.3 cm³/mol. The summed E-state index contributed by atoms with van der Waals surface area (Å²) in [7, 11) is 0. The first-order valence-electron chi connectivity index (χ1n) is 4.36. The maximum absolute atomic E-state index is 12.1. The van der Waals surface area contributed by atoms with Gasteiger partial charge in [-0.2, -0.15) is 8.78 Å².